The van der Waals surface area contributed by atoms with E-state index in [9.17, 15) is 0 Å². The van der Waals surface area contributed by atoms with Gasteiger partial charge in [0.25, 0.3) is 0 Å². The molecule has 0 spiro atoms. The topological polar surface area (TPSA) is 94.3 Å². The summed E-state index contributed by atoms with van der Waals surface area (Å²) in [5.41, 5.74) is 0.835. The molecule has 3 aromatic rings. The third-order valence-corrected chi connectivity index (χ3v) is 3.45. The maximum Gasteiger partial charge on any atom is 0.224 e. The van der Waals surface area contributed by atoms with Crippen LogP contribution >= 0.6 is 0 Å². The molecule has 8 heteroatoms. The van der Waals surface area contributed by atoms with E-state index in [1.54, 1.807) is 13.2 Å². The Balaban J connectivity index is 1.52. The van der Waals surface area contributed by atoms with Gasteiger partial charge in [-0.1, -0.05) is 5.16 Å². The molecule has 2 heterocycles. The van der Waals surface area contributed by atoms with Crippen molar-refractivity contribution in [3.8, 4) is 11.5 Å². The summed E-state index contributed by atoms with van der Waals surface area (Å²) in [7, 11) is 1.63. The van der Waals surface area contributed by atoms with Crippen molar-refractivity contribution in [2.24, 2.45) is 0 Å². The van der Waals surface area contributed by atoms with E-state index in [1.165, 1.54) is 0 Å². The fourth-order valence-electron chi connectivity index (χ4n) is 2.27. The van der Waals surface area contributed by atoms with Crippen LogP contribution in [0.3, 0.4) is 0 Å². The number of nitrogens with zero attached hydrogens (tertiary/aromatic N) is 3. The monoisotopic (exact) mass is 355 g/mol. The highest BCUT2D eigenvalue weighted by atomic mass is 16.5. The van der Waals surface area contributed by atoms with Crippen molar-refractivity contribution in [2.45, 2.75) is 13.8 Å². The van der Waals surface area contributed by atoms with Crippen molar-refractivity contribution in [1.29, 1.82) is 0 Å². The number of methoxy groups -OCH3 is 1. The summed E-state index contributed by atoms with van der Waals surface area (Å²) in [4.78, 5) is 8.79. The first-order valence-electron chi connectivity index (χ1n) is 8.19. The second-order valence-electron chi connectivity index (χ2n) is 5.62. The SMILES string of the molecule is COc1ccc(OCCNc2nc(C)cc(Nc3cc(C)on3)n2)cc1. The normalized spacial score (nSPS) is 10.4. The maximum absolute atomic E-state index is 5.67. The van der Waals surface area contributed by atoms with E-state index in [0.717, 1.165) is 23.0 Å². The van der Waals surface area contributed by atoms with E-state index in [1.807, 2.05) is 44.2 Å². The molecule has 8 nitrogen and oxygen atoms in total. The van der Waals surface area contributed by atoms with Gasteiger partial charge in [0.1, 0.15) is 29.7 Å². The Morgan fingerprint density at radius 2 is 1.77 bits per heavy atom. The predicted octanol–water partition coefficient (Wildman–Crippen LogP) is 3.32. The lowest BCUT2D eigenvalue weighted by molar-refractivity contribution is 0.331. The molecule has 0 aliphatic carbocycles. The summed E-state index contributed by atoms with van der Waals surface area (Å²) in [6.45, 7) is 4.78. The number of aromatic nitrogens is 3. The Bertz CT molecular complexity index is 848. The van der Waals surface area contributed by atoms with Gasteiger partial charge in [0.05, 0.1) is 13.7 Å². The average molecular weight is 355 g/mol. The van der Waals surface area contributed by atoms with Crippen molar-refractivity contribution < 1.29 is 14.0 Å². The number of benzene rings is 1. The van der Waals surface area contributed by atoms with Gasteiger partial charge in [-0.3, -0.25) is 0 Å². The van der Waals surface area contributed by atoms with Crippen LogP contribution in [0.5, 0.6) is 11.5 Å². The van der Waals surface area contributed by atoms with Gasteiger partial charge in [-0.05, 0) is 38.1 Å². The van der Waals surface area contributed by atoms with Gasteiger partial charge < -0.3 is 24.6 Å². The Labute approximate surface area is 151 Å². The minimum Gasteiger partial charge on any atom is -0.497 e. The van der Waals surface area contributed by atoms with Gasteiger partial charge in [-0.2, -0.15) is 4.98 Å². The molecule has 0 radical (unpaired) electrons. The van der Waals surface area contributed by atoms with Crippen molar-refractivity contribution >= 4 is 17.6 Å². The molecular formula is C18H21N5O3. The molecule has 136 valence electrons. The van der Waals surface area contributed by atoms with Crippen LogP contribution in [0.15, 0.2) is 40.9 Å². The minimum absolute atomic E-state index is 0.481. The Morgan fingerprint density at radius 1 is 1.00 bits per heavy atom. The lowest BCUT2D eigenvalue weighted by Crippen LogP contribution is -2.14. The van der Waals surface area contributed by atoms with Crippen LogP contribution < -0.4 is 20.1 Å². The molecule has 26 heavy (non-hydrogen) atoms. The summed E-state index contributed by atoms with van der Waals surface area (Å²) in [6, 6.07) is 11.1. The first-order chi connectivity index (χ1) is 12.6. The fourth-order valence-corrected chi connectivity index (χ4v) is 2.27. The molecule has 0 fully saturated rings. The van der Waals surface area contributed by atoms with E-state index in [0.29, 0.717) is 30.7 Å². The van der Waals surface area contributed by atoms with E-state index >= 15 is 0 Å². The second kappa shape index (κ2) is 8.19. The Morgan fingerprint density at radius 3 is 2.46 bits per heavy atom. The van der Waals surface area contributed by atoms with Crippen LogP contribution in [0, 0.1) is 13.8 Å². The van der Waals surface area contributed by atoms with E-state index in [2.05, 4.69) is 25.8 Å². The molecule has 3 rings (SSSR count). The van der Waals surface area contributed by atoms with Gasteiger partial charge in [0.2, 0.25) is 5.95 Å². The number of rotatable bonds is 8. The standard InChI is InChI=1S/C18H21N5O3/c1-12-10-16(21-17-11-13(2)26-23-17)22-18(20-12)19-8-9-25-15-6-4-14(24-3)5-7-15/h4-7,10-11H,8-9H2,1-3H3,(H2,19,20,21,22,23). The Hall–Kier alpha value is -3.29. The highest BCUT2D eigenvalue weighted by Gasteiger charge is 2.05. The molecule has 0 saturated heterocycles. The molecule has 0 atom stereocenters. The fraction of sp³-hybridized carbons (Fsp3) is 0.278. The molecule has 2 aromatic heterocycles. The maximum atomic E-state index is 5.67. The van der Waals surface area contributed by atoms with Gasteiger partial charge in [-0.15, -0.1) is 0 Å². The second-order valence-corrected chi connectivity index (χ2v) is 5.62. The molecule has 0 bridgehead atoms. The number of nitrogens with one attached hydrogen (secondary N) is 2. The zero-order valence-corrected chi connectivity index (χ0v) is 14.9. The summed E-state index contributed by atoms with van der Waals surface area (Å²) in [5, 5.41) is 10.1. The van der Waals surface area contributed by atoms with E-state index in [-0.39, 0.29) is 0 Å². The van der Waals surface area contributed by atoms with Crippen LogP contribution in [0.1, 0.15) is 11.5 Å². The lowest BCUT2D eigenvalue weighted by Gasteiger charge is -2.10. The smallest absolute Gasteiger partial charge is 0.224 e. The summed E-state index contributed by atoms with van der Waals surface area (Å²) in [6.07, 6.45) is 0. The average Bonchev–Trinajstić information content (AvgIpc) is 3.03. The molecular weight excluding hydrogens is 334 g/mol. The number of aryl methyl sites for hydroxylation is 2. The number of anilines is 3. The van der Waals surface area contributed by atoms with Gasteiger partial charge in [0, 0.05) is 17.8 Å². The highest BCUT2D eigenvalue weighted by Crippen LogP contribution is 2.18. The third-order valence-electron chi connectivity index (χ3n) is 3.45. The van der Waals surface area contributed by atoms with Crippen LogP contribution in [0.4, 0.5) is 17.6 Å². The third kappa shape index (κ3) is 4.85. The first-order valence-corrected chi connectivity index (χ1v) is 8.19. The molecule has 2 N–H and O–H groups in total. The molecule has 0 saturated carbocycles. The quantitative estimate of drug-likeness (QED) is 0.594. The lowest BCUT2D eigenvalue weighted by atomic mass is 10.3. The summed E-state index contributed by atoms with van der Waals surface area (Å²) >= 11 is 0. The van der Waals surface area contributed by atoms with Crippen LogP contribution in [0.2, 0.25) is 0 Å². The van der Waals surface area contributed by atoms with Crippen LogP contribution in [0.25, 0.3) is 0 Å². The van der Waals surface area contributed by atoms with Crippen molar-refractivity contribution in [3.05, 3.63) is 47.9 Å². The zero-order chi connectivity index (χ0) is 18.4. The number of hydrogen-bond acceptors (Lipinski definition) is 8. The van der Waals surface area contributed by atoms with Gasteiger partial charge in [-0.25, -0.2) is 4.98 Å². The van der Waals surface area contributed by atoms with Gasteiger partial charge in [0.15, 0.2) is 5.82 Å². The molecule has 1 aromatic carbocycles. The molecule has 0 aliphatic rings. The van der Waals surface area contributed by atoms with Gasteiger partial charge >= 0.3 is 0 Å². The minimum atomic E-state index is 0.481. The highest BCUT2D eigenvalue weighted by molar-refractivity contribution is 5.53. The van der Waals surface area contributed by atoms with Crippen molar-refractivity contribution in [2.75, 3.05) is 30.9 Å². The summed E-state index contributed by atoms with van der Waals surface area (Å²) < 4.78 is 15.8. The van der Waals surface area contributed by atoms with E-state index in [4.69, 9.17) is 14.0 Å². The van der Waals surface area contributed by atoms with Crippen LogP contribution in [-0.2, 0) is 0 Å². The summed E-state index contributed by atoms with van der Waals surface area (Å²) in [5.74, 6) is 4.07. The number of hydrogen-bond donors (Lipinski definition) is 2. The van der Waals surface area contributed by atoms with Crippen molar-refractivity contribution in [3.63, 3.8) is 0 Å². The van der Waals surface area contributed by atoms with Crippen LogP contribution in [-0.4, -0.2) is 35.4 Å². The van der Waals surface area contributed by atoms with Crippen molar-refractivity contribution in [1.82, 2.24) is 15.1 Å². The first kappa shape index (κ1) is 17.5. The largest absolute Gasteiger partial charge is 0.497 e. The predicted molar refractivity (Wildman–Crippen MR) is 98.3 cm³/mol. The van der Waals surface area contributed by atoms with E-state index < -0.39 is 0 Å². The molecule has 0 aliphatic heterocycles. The zero-order valence-electron chi connectivity index (χ0n) is 14.9. The Kier molecular flexibility index (Phi) is 5.52. The molecule has 0 amide bonds. The number of ether oxygens (including phenoxy) is 2. The molecule has 0 unspecified atom stereocenters.